The number of hydrogen-bond donors (Lipinski definition) is 0. The first-order valence-corrected chi connectivity index (χ1v) is 7.01. The number of amides is 1. The minimum atomic E-state index is -0.0600. The molecule has 0 unspecified atom stereocenters. The average Bonchev–Trinajstić information content (AvgIpc) is 2.75. The Morgan fingerprint density at radius 1 is 1.56 bits per heavy atom. The fourth-order valence-electron chi connectivity index (χ4n) is 1.54. The fourth-order valence-corrected chi connectivity index (χ4v) is 2.12. The zero-order valence-corrected chi connectivity index (χ0v) is 12.0. The van der Waals surface area contributed by atoms with Crippen LogP contribution in [0.5, 0.6) is 0 Å². The third-order valence-corrected chi connectivity index (χ3v) is 3.37. The van der Waals surface area contributed by atoms with Gasteiger partial charge in [0.2, 0.25) is 0 Å². The first-order chi connectivity index (χ1) is 8.54. The van der Waals surface area contributed by atoms with Gasteiger partial charge >= 0.3 is 0 Å². The number of aryl methyl sites for hydroxylation is 1. The third kappa shape index (κ3) is 4.46. The molecule has 18 heavy (non-hydrogen) atoms. The lowest BCUT2D eigenvalue weighted by Crippen LogP contribution is -2.33. The van der Waals surface area contributed by atoms with E-state index in [0.717, 1.165) is 11.4 Å². The lowest BCUT2D eigenvalue weighted by atomic mass is 10.1. The van der Waals surface area contributed by atoms with Gasteiger partial charge in [-0.15, -0.1) is 11.3 Å². The molecule has 0 aliphatic carbocycles. The summed E-state index contributed by atoms with van der Waals surface area (Å²) in [5.41, 5.74) is 0.499. The lowest BCUT2D eigenvalue weighted by Gasteiger charge is -2.21. The van der Waals surface area contributed by atoms with Crippen LogP contribution in [-0.4, -0.2) is 28.9 Å². The summed E-state index contributed by atoms with van der Waals surface area (Å²) >= 11 is 1.47. The molecule has 1 aromatic rings. The van der Waals surface area contributed by atoms with Gasteiger partial charge < -0.3 is 4.90 Å². The summed E-state index contributed by atoms with van der Waals surface area (Å²) < 4.78 is 0. The summed E-state index contributed by atoms with van der Waals surface area (Å²) in [4.78, 5) is 18.2. The summed E-state index contributed by atoms with van der Waals surface area (Å²) in [6, 6.07) is 2.09. The van der Waals surface area contributed by atoms with Crippen LogP contribution in [0, 0.1) is 24.2 Å². The van der Waals surface area contributed by atoms with E-state index in [4.69, 9.17) is 5.26 Å². The Morgan fingerprint density at radius 3 is 2.78 bits per heavy atom. The van der Waals surface area contributed by atoms with E-state index < -0.39 is 0 Å². The molecule has 1 rings (SSSR count). The monoisotopic (exact) mass is 265 g/mol. The second kappa shape index (κ2) is 7.12. The van der Waals surface area contributed by atoms with Crippen LogP contribution < -0.4 is 0 Å². The van der Waals surface area contributed by atoms with Crippen LogP contribution in [-0.2, 0) is 0 Å². The molecular formula is C13H19N3OS. The Hall–Kier alpha value is -1.41. The predicted molar refractivity (Wildman–Crippen MR) is 72.4 cm³/mol. The molecule has 0 saturated heterocycles. The van der Waals surface area contributed by atoms with E-state index in [0.29, 0.717) is 31.1 Å². The van der Waals surface area contributed by atoms with Gasteiger partial charge in [-0.1, -0.05) is 13.8 Å². The van der Waals surface area contributed by atoms with Gasteiger partial charge in [0.05, 0.1) is 17.5 Å². The van der Waals surface area contributed by atoms with Gasteiger partial charge in [-0.05, 0) is 19.3 Å². The Bertz CT molecular complexity index is 434. The third-order valence-electron chi connectivity index (χ3n) is 2.60. The maximum absolute atomic E-state index is 12.2. The van der Waals surface area contributed by atoms with Crippen LogP contribution in [0.25, 0.3) is 0 Å². The molecule has 0 aromatic carbocycles. The smallest absolute Gasteiger partial charge is 0.273 e. The highest BCUT2D eigenvalue weighted by Gasteiger charge is 2.18. The van der Waals surface area contributed by atoms with E-state index in [-0.39, 0.29) is 5.91 Å². The number of nitrogens with zero attached hydrogens (tertiary/aromatic N) is 3. The van der Waals surface area contributed by atoms with Crippen molar-refractivity contribution in [3.05, 3.63) is 16.1 Å². The predicted octanol–water partition coefficient (Wildman–Crippen LogP) is 2.85. The van der Waals surface area contributed by atoms with E-state index >= 15 is 0 Å². The molecule has 0 spiro atoms. The number of nitriles is 1. The molecule has 0 aliphatic heterocycles. The van der Waals surface area contributed by atoms with Crippen molar-refractivity contribution in [2.45, 2.75) is 33.6 Å². The SMILES string of the molecule is Cc1nc(C(=O)N(CCC#N)CCC(C)C)cs1. The van der Waals surface area contributed by atoms with Crippen LogP contribution in [0.2, 0.25) is 0 Å². The number of thiazole rings is 1. The van der Waals surface area contributed by atoms with Gasteiger partial charge in [0, 0.05) is 18.5 Å². The topological polar surface area (TPSA) is 57.0 Å². The highest BCUT2D eigenvalue weighted by molar-refractivity contribution is 7.09. The maximum atomic E-state index is 12.2. The summed E-state index contributed by atoms with van der Waals surface area (Å²) in [5.74, 6) is 0.481. The van der Waals surface area contributed by atoms with Crippen molar-refractivity contribution in [3.8, 4) is 6.07 Å². The fraction of sp³-hybridized carbons (Fsp3) is 0.615. The van der Waals surface area contributed by atoms with Crippen molar-refractivity contribution in [1.29, 1.82) is 5.26 Å². The standard InChI is InChI=1S/C13H19N3OS/c1-10(2)5-8-16(7-4-6-14)13(17)12-9-18-11(3)15-12/h9-10H,4-5,7-8H2,1-3H3. The van der Waals surface area contributed by atoms with Gasteiger partial charge in [0.1, 0.15) is 5.69 Å². The molecule has 0 atom stereocenters. The molecule has 0 fully saturated rings. The molecule has 0 bridgehead atoms. The Balaban J connectivity index is 2.69. The Kier molecular flexibility index (Phi) is 5.79. The minimum absolute atomic E-state index is 0.0600. The molecule has 0 aliphatic rings. The minimum Gasteiger partial charge on any atom is -0.336 e. The number of aromatic nitrogens is 1. The van der Waals surface area contributed by atoms with Crippen molar-refractivity contribution >= 4 is 17.2 Å². The summed E-state index contributed by atoms with van der Waals surface area (Å²) in [6.07, 6.45) is 1.31. The zero-order chi connectivity index (χ0) is 13.5. The van der Waals surface area contributed by atoms with Gasteiger partial charge in [-0.25, -0.2) is 4.98 Å². The van der Waals surface area contributed by atoms with Crippen LogP contribution in [0.4, 0.5) is 0 Å². The number of carbonyl (C=O) groups excluding carboxylic acids is 1. The van der Waals surface area contributed by atoms with Crippen molar-refractivity contribution in [3.63, 3.8) is 0 Å². The van der Waals surface area contributed by atoms with Crippen LogP contribution in [0.15, 0.2) is 5.38 Å². The van der Waals surface area contributed by atoms with E-state index in [1.165, 1.54) is 11.3 Å². The average molecular weight is 265 g/mol. The van der Waals surface area contributed by atoms with E-state index in [9.17, 15) is 4.79 Å². The van der Waals surface area contributed by atoms with Crippen LogP contribution in [0.1, 0.15) is 42.2 Å². The number of hydrogen-bond acceptors (Lipinski definition) is 4. The largest absolute Gasteiger partial charge is 0.336 e. The molecule has 5 heteroatoms. The van der Waals surface area contributed by atoms with Crippen molar-refractivity contribution in [2.75, 3.05) is 13.1 Å². The molecule has 98 valence electrons. The van der Waals surface area contributed by atoms with Gasteiger partial charge in [-0.2, -0.15) is 5.26 Å². The molecule has 0 radical (unpaired) electrons. The Morgan fingerprint density at radius 2 is 2.28 bits per heavy atom. The van der Waals surface area contributed by atoms with Crippen LogP contribution in [0.3, 0.4) is 0 Å². The normalized spacial score (nSPS) is 10.4. The van der Waals surface area contributed by atoms with Crippen molar-refractivity contribution in [2.24, 2.45) is 5.92 Å². The maximum Gasteiger partial charge on any atom is 0.273 e. The summed E-state index contributed by atoms with van der Waals surface area (Å²) in [5, 5.41) is 11.3. The van der Waals surface area contributed by atoms with E-state index in [1.54, 1.807) is 10.3 Å². The van der Waals surface area contributed by atoms with E-state index in [1.807, 2.05) is 6.92 Å². The molecule has 0 N–H and O–H groups in total. The molecular weight excluding hydrogens is 246 g/mol. The second-order valence-corrected chi connectivity index (χ2v) is 5.70. The first kappa shape index (κ1) is 14.7. The summed E-state index contributed by atoms with van der Waals surface area (Å²) in [6.45, 7) is 7.31. The summed E-state index contributed by atoms with van der Waals surface area (Å²) in [7, 11) is 0. The second-order valence-electron chi connectivity index (χ2n) is 4.63. The van der Waals surface area contributed by atoms with Gasteiger partial charge in [0.25, 0.3) is 5.91 Å². The Labute approximate surface area is 112 Å². The van der Waals surface area contributed by atoms with Gasteiger partial charge in [-0.3, -0.25) is 4.79 Å². The number of carbonyl (C=O) groups is 1. The van der Waals surface area contributed by atoms with Crippen molar-refractivity contribution in [1.82, 2.24) is 9.88 Å². The van der Waals surface area contributed by atoms with Crippen LogP contribution >= 0.6 is 11.3 Å². The van der Waals surface area contributed by atoms with Gasteiger partial charge in [0.15, 0.2) is 0 Å². The molecule has 4 nitrogen and oxygen atoms in total. The molecule has 1 amide bonds. The first-order valence-electron chi connectivity index (χ1n) is 6.13. The molecule has 1 aromatic heterocycles. The highest BCUT2D eigenvalue weighted by Crippen LogP contribution is 2.12. The molecule has 1 heterocycles. The van der Waals surface area contributed by atoms with Crippen molar-refractivity contribution < 1.29 is 4.79 Å². The quantitative estimate of drug-likeness (QED) is 0.794. The lowest BCUT2D eigenvalue weighted by molar-refractivity contribution is 0.0746. The molecule has 0 saturated carbocycles. The van der Waals surface area contributed by atoms with E-state index in [2.05, 4.69) is 24.9 Å². The highest BCUT2D eigenvalue weighted by atomic mass is 32.1. The number of rotatable bonds is 6. The zero-order valence-electron chi connectivity index (χ0n) is 11.1.